The lowest BCUT2D eigenvalue weighted by molar-refractivity contribution is -0.140. The van der Waals surface area contributed by atoms with E-state index in [1.165, 1.54) is 0 Å². The molecule has 1 unspecified atom stereocenters. The third-order valence-corrected chi connectivity index (χ3v) is 2.94. The van der Waals surface area contributed by atoms with Crippen molar-refractivity contribution in [3.63, 3.8) is 0 Å². The summed E-state index contributed by atoms with van der Waals surface area (Å²) in [5.74, 6) is -1.03. The van der Waals surface area contributed by atoms with Crippen LogP contribution >= 0.6 is 0 Å². The fourth-order valence-electron chi connectivity index (χ4n) is 1.74. The van der Waals surface area contributed by atoms with Gasteiger partial charge >= 0.3 is 0 Å². The maximum Gasteiger partial charge on any atom is 0.239 e. The van der Waals surface area contributed by atoms with Gasteiger partial charge in [0.2, 0.25) is 17.7 Å². The molecule has 0 aromatic rings. The minimum Gasteiger partial charge on any atom is -0.368 e. The van der Waals surface area contributed by atoms with Crippen LogP contribution in [-0.2, 0) is 14.4 Å². The first-order chi connectivity index (χ1) is 7.90. The van der Waals surface area contributed by atoms with Gasteiger partial charge in [-0.2, -0.15) is 0 Å². The van der Waals surface area contributed by atoms with Crippen molar-refractivity contribution in [1.29, 1.82) is 0 Å². The van der Waals surface area contributed by atoms with Crippen LogP contribution in [0.3, 0.4) is 0 Å². The molecule has 6 heteroatoms. The number of carbonyl (C=O) groups excluding carboxylic acids is 3. The number of nitrogens with zero attached hydrogens (tertiary/aromatic N) is 1. The van der Waals surface area contributed by atoms with Gasteiger partial charge in [0, 0.05) is 12.8 Å². The number of nitrogens with one attached hydrogen (secondary N) is 1. The molecule has 1 aliphatic heterocycles. The van der Waals surface area contributed by atoms with Crippen LogP contribution in [0.1, 0.15) is 33.1 Å². The van der Waals surface area contributed by atoms with Crippen molar-refractivity contribution in [2.75, 3.05) is 13.1 Å². The normalized spacial score (nSPS) is 19.5. The molecular weight excluding hydrogens is 222 g/mol. The summed E-state index contributed by atoms with van der Waals surface area (Å²) in [5, 5.41) is 2.99. The molecule has 0 saturated carbocycles. The van der Waals surface area contributed by atoms with Gasteiger partial charge in [0.25, 0.3) is 0 Å². The SMILES string of the molecule is CCCNC(C)(CN1C(=O)CCC1=O)C(N)=O. The van der Waals surface area contributed by atoms with Crippen molar-refractivity contribution >= 4 is 17.7 Å². The highest BCUT2D eigenvalue weighted by Gasteiger charge is 2.39. The maximum absolute atomic E-state index is 11.5. The van der Waals surface area contributed by atoms with Crippen molar-refractivity contribution in [3.8, 4) is 0 Å². The monoisotopic (exact) mass is 241 g/mol. The topological polar surface area (TPSA) is 92.5 Å². The van der Waals surface area contributed by atoms with Gasteiger partial charge < -0.3 is 11.1 Å². The molecule has 3 amide bonds. The number of imide groups is 1. The van der Waals surface area contributed by atoms with E-state index in [0.29, 0.717) is 6.54 Å². The molecule has 0 aliphatic carbocycles. The average Bonchev–Trinajstić information content (AvgIpc) is 2.58. The molecule has 1 atom stereocenters. The molecular formula is C11H19N3O3. The second kappa shape index (κ2) is 5.27. The van der Waals surface area contributed by atoms with E-state index in [0.717, 1.165) is 11.3 Å². The van der Waals surface area contributed by atoms with Crippen LogP contribution in [-0.4, -0.2) is 41.2 Å². The molecule has 96 valence electrons. The van der Waals surface area contributed by atoms with Crippen LogP contribution in [0, 0.1) is 0 Å². The lowest BCUT2D eigenvalue weighted by Crippen LogP contribution is -2.60. The van der Waals surface area contributed by atoms with Gasteiger partial charge in [-0.3, -0.25) is 19.3 Å². The summed E-state index contributed by atoms with van der Waals surface area (Å²) in [6, 6.07) is 0. The summed E-state index contributed by atoms with van der Waals surface area (Å²) in [6.45, 7) is 4.19. The standard InChI is InChI=1S/C11H19N3O3/c1-3-6-13-11(2,10(12)17)7-14-8(15)4-5-9(14)16/h13H,3-7H2,1-2H3,(H2,12,17). The van der Waals surface area contributed by atoms with E-state index in [2.05, 4.69) is 5.32 Å². The number of nitrogens with two attached hydrogens (primary N) is 1. The van der Waals surface area contributed by atoms with Crippen LogP contribution in [0.5, 0.6) is 0 Å². The Kier molecular flexibility index (Phi) is 4.22. The molecule has 1 heterocycles. The number of rotatable bonds is 6. The highest BCUT2D eigenvalue weighted by atomic mass is 16.2. The van der Waals surface area contributed by atoms with Crippen LogP contribution in [0.25, 0.3) is 0 Å². The van der Waals surface area contributed by atoms with Gasteiger partial charge in [0.1, 0.15) is 5.54 Å². The van der Waals surface area contributed by atoms with E-state index in [4.69, 9.17) is 5.73 Å². The Labute approximate surface area is 101 Å². The van der Waals surface area contributed by atoms with Gasteiger partial charge in [0.15, 0.2) is 0 Å². The number of likely N-dealkylation sites (tertiary alicyclic amines) is 1. The molecule has 3 N–H and O–H groups in total. The molecule has 1 aliphatic rings. The van der Waals surface area contributed by atoms with E-state index >= 15 is 0 Å². The Morgan fingerprint density at radius 1 is 1.41 bits per heavy atom. The minimum atomic E-state index is -1.05. The summed E-state index contributed by atoms with van der Waals surface area (Å²) < 4.78 is 0. The second-order valence-electron chi connectivity index (χ2n) is 4.50. The zero-order valence-electron chi connectivity index (χ0n) is 10.3. The quantitative estimate of drug-likeness (QED) is 0.606. The number of hydrogen-bond donors (Lipinski definition) is 2. The first kappa shape index (κ1) is 13.6. The molecule has 0 aromatic heterocycles. The van der Waals surface area contributed by atoms with Gasteiger partial charge in [0.05, 0.1) is 6.54 Å². The molecule has 1 rings (SSSR count). The number of hydrogen-bond acceptors (Lipinski definition) is 4. The van der Waals surface area contributed by atoms with Crippen LogP contribution in [0.4, 0.5) is 0 Å². The summed E-state index contributed by atoms with van der Waals surface area (Å²) in [7, 11) is 0. The molecule has 17 heavy (non-hydrogen) atoms. The molecule has 1 saturated heterocycles. The van der Waals surface area contributed by atoms with Gasteiger partial charge in [-0.1, -0.05) is 6.92 Å². The van der Waals surface area contributed by atoms with Crippen LogP contribution in [0.15, 0.2) is 0 Å². The van der Waals surface area contributed by atoms with Crippen LogP contribution < -0.4 is 11.1 Å². The van der Waals surface area contributed by atoms with E-state index in [1.807, 2.05) is 6.92 Å². The van der Waals surface area contributed by atoms with E-state index in [9.17, 15) is 14.4 Å². The lowest BCUT2D eigenvalue weighted by atomic mass is 10.0. The summed E-state index contributed by atoms with van der Waals surface area (Å²) in [6.07, 6.45) is 1.29. The number of carbonyl (C=O) groups is 3. The third-order valence-electron chi connectivity index (χ3n) is 2.94. The average molecular weight is 241 g/mol. The predicted octanol–water partition coefficient (Wildman–Crippen LogP) is -0.621. The smallest absolute Gasteiger partial charge is 0.239 e. The van der Waals surface area contributed by atoms with Crippen molar-refractivity contribution in [2.45, 2.75) is 38.6 Å². The van der Waals surface area contributed by atoms with E-state index in [-0.39, 0.29) is 31.2 Å². The number of primary amides is 1. The molecule has 6 nitrogen and oxygen atoms in total. The second-order valence-corrected chi connectivity index (χ2v) is 4.50. The fraction of sp³-hybridized carbons (Fsp3) is 0.727. The minimum absolute atomic E-state index is 0.0139. The molecule has 0 aromatic carbocycles. The van der Waals surface area contributed by atoms with Gasteiger partial charge in [-0.25, -0.2) is 0 Å². The summed E-state index contributed by atoms with van der Waals surface area (Å²) >= 11 is 0. The van der Waals surface area contributed by atoms with E-state index in [1.54, 1.807) is 6.92 Å². The molecule has 0 spiro atoms. The van der Waals surface area contributed by atoms with E-state index < -0.39 is 11.4 Å². The third kappa shape index (κ3) is 3.03. The van der Waals surface area contributed by atoms with Gasteiger partial charge in [-0.15, -0.1) is 0 Å². The molecule has 0 radical (unpaired) electrons. The van der Waals surface area contributed by atoms with Crippen molar-refractivity contribution in [2.24, 2.45) is 5.73 Å². The van der Waals surface area contributed by atoms with Crippen molar-refractivity contribution in [3.05, 3.63) is 0 Å². The van der Waals surface area contributed by atoms with Crippen molar-refractivity contribution < 1.29 is 14.4 Å². The molecule has 1 fully saturated rings. The Balaban J connectivity index is 2.75. The summed E-state index contributed by atoms with van der Waals surface area (Å²) in [4.78, 5) is 35.5. The highest BCUT2D eigenvalue weighted by molar-refractivity contribution is 6.02. The Hall–Kier alpha value is -1.43. The highest BCUT2D eigenvalue weighted by Crippen LogP contribution is 2.16. The van der Waals surface area contributed by atoms with Crippen molar-refractivity contribution in [1.82, 2.24) is 10.2 Å². The number of amides is 3. The zero-order valence-corrected chi connectivity index (χ0v) is 10.3. The Bertz CT molecular complexity index is 327. The first-order valence-corrected chi connectivity index (χ1v) is 5.79. The first-order valence-electron chi connectivity index (χ1n) is 5.79. The zero-order chi connectivity index (χ0) is 13.1. The van der Waals surface area contributed by atoms with Crippen LogP contribution in [0.2, 0.25) is 0 Å². The Morgan fingerprint density at radius 2 is 1.94 bits per heavy atom. The predicted molar refractivity (Wildman–Crippen MR) is 61.8 cm³/mol. The fourth-order valence-corrected chi connectivity index (χ4v) is 1.74. The summed E-state index contributed by atoms with van der Waals surface area (Å²) in [5.41, 5.74) is 4.28. The largest absolute Gasteiger partial charge is 0.368 e. The van der Waals surface area contributed by atoms with Gasteiger partial charge in [-0.05, 0) is 19.9 Å². The molecule has 0 bridgehead atoms. The maximum atomic E-state index is 11.5. The Morgan fingerprint density at radius 3 is 2.35 bits per heavy atom. The lowest BCUT2D eigenvalue weighted by Gasteiger charge is -2.31.